The fraction of sp³-hybridized carbons (Fsp3) is 0.600. The van der Waals surface area contributed by atoms with Gasteiger partial charge in [-0.1, -0.05) is 6.92 Å². The molecule has 0 saturated carbocycles. The fourth-order valence-electron chi connectivity index (χ4n) is 2.65. The molecule has 5 nitrogen and oxygen atoms in total. The first kappa shape index (κ1) is 14.6. The van der Waals surface area contributed by atoms with Crippen molar-refractivity contribution in [2.75, 3.05) is 26.2 Å². The Balaban J connectivity index is 1.95. The van der Waals surface area contributed by atoms with E-state index in [4.69, 9.17) is 0 Å². The van der Waals surface area contributed by atoms with Gasteiger partial charge in [0.1, 0.15) is 0 Å². The zero-order valence-corrected chi connectivity index (χ0v) is 12.5. The van der Waals surface area contributed by atoms with Crippen LogP contribution >= 0.6 is 0 Å². The van der Waals surface area contributed by atoms with Gasteiger partial charge in [0.2, 0.25) is 5.91 Å². The van der Waals surface area contributed by atoms with E-state index in [1.54, 1.807) is 0 Å². The molecule has 0 aromatic carbocycles. The van der Waals surface area contributed by atoms with Crippen LogP contribution in [0.25, 0.3) is 0 Å². The molecule has 1 aliphatic rings. The van der Waals surface area contributed by atoms with Crippen molar-refractivity contribution < 1.29 is 9.59 Å². The van der Waals surface area contributed by atoms with Gasteiger partial charge in [0.15, 0.2) is 0 Å². The molecule has 1 fully saturated rings. The molecule has 1 aliphatic heterocycles. The summed E-state index contributed by atoms with van der Waals surface area (Å²) in [5, 5.41) is 0. The number of aryl methyl sites for hydroxylation is 2. The summed E-state index contributed by atoms with van der Waals surface area (Å²) >= 11 is 0. The van der Waals surface area contributed by atoms with Gasteiger partial charge in [-0.15, -0.1) is 0 Å². The summed E-state index contributed by atoms with van der Waals surface area (Å²) in [6, 6.07) is 1.90. The third-order valence-corrected chi connectivity index (χ3v) is 3.76. The van der Waals surface area contributed by atoms with Crippen molar-refractivity contribution in [2.45, 2.75) is 33.6 Å². The predicted octanol–water partition coefficient (Wildman–Crippen LogP) is 1.72. The van der Waals surface area contributed by atoms with Gasteiger partial charge >= 0.3 is 0 Å². The molecule has 1 saturated heterocycles. The molecule has 0 unspecified atom stereocenters. The number of hydrogen-bond donors (Lipinski definition) is 1. The van der Waals surface area contributed by atoms with E-state index in [1.807, 2.05) is 36.6 Å². The Bertz CT molecular complexity index is 499. The van der Waals surface area contributed by atoms with Gasteiger partial charge in [-0.2, -0.15) is 0 Å². The fourth-order valence-corrected chi connectivity index (χ4v) is 2.65. The lowest BCUT2D eigenvalue weighted by atomic mass is 10.2. The third-order valence-electron chi connectivity index (χ3n) is 3.76. The molecule has 0 atom stereocenters. The van der Waals surface area contributed by atoms with Crippen LogP contribution in [0.3, 0.4) is 0 Å². The van der Waals surface area contributed by atoms with E-state index >= 15 is 0 Å². The van der Waals surface area contributed by atoms with Crippen molar-refractivity contribution in [3.05, 3.63) is 23.0 Å². The molecule has 2 rings (SSSR count). The summed E-state index contributed by atoms with van der Waals surface area (Å²) < 4.78 is 0. The number of aromatic nitrogens is 1. The lowest BCUT2D eigenvalue weighted by molar-refractivity contribution is -0.132. The first-order valence-electron chi connectivity index (χ1n) is 7.26. The molecule has 1 N–H and O–H groups in total. The van der Waals surface area contributed by atoms with Crippen LogP contribution in [-0.4, -0.2) is 52.8 Å². The maximum atomic E-state index is 12.4. The van der Waals surface area contributed by atoms with Crippen LogP contribution in [0, 0.1) is 13.8 Å². The second kappa shape index (κ2) is 6.11. The van der Waals surface area contributed by atoms with Crippen LogP contribution in [-0.2, 0) is 4.79 Å². The highest BCUT2D eigenvalue weighted by atomic mass is 16.2. The van der Waals surface area contributed by atoms with Gasteiger partial charge in [0.25, 0.3) is 5.91 Å². The Morgan fingerprint density at radius 1 is 1.15 bits per heavy atom. The number of H-pyrrole nitrogens is 1. The number of amides is 2. The molecule has 0 radical (unpaired) electrons. The Kier molecular flexibility index (Phi) is 4.47. The van der Waals surface area contributed by atoms with Crippen LogP contribution in [0.2, 0.25) is 0 Å². The SMILES string of the molecule is CCCC(=O)N1CCN(C(=O)c2cc(C)[nH]c2C)CC1. The Hall–Kier alpha value is -1.78. The van der Waals surface area contributed by atoms with Crippen molar-refractivity contribution in [1.29, 1.82) is 0 Å². The highest BCUT2D eigenvalue weighted by Gasteiger charge is 2.25. The first-order chi connectivity index (χ1) is 9.52. The molecule has 20 heavy (non-hydrogen) atoms. The van der Waals surface area contributed by atoms with E-state index in [1.165, 1.54) is 0 Å². The lowest BCUT2D eigenvalue weighted by Crippen LogP contribution is -2.50. The molecule has 0 bridgehead atoms. The smallest absolute Gasteiger partial charge is 0.255 e. The minimum absolute atomic E-state index is 0.0643. The molecule has 2 amide bonds. The van der Waals surface area contributed by atoms with Crippen LogP contribution in [0.15, 0.2) is 6.07 Å². The monoisotopic (exact) mass is 277 g/mol. The quantitative estimate of drug-likeness (QED) is 0.914. The number of rotatable bonds is 3. The molecular formula is C15H23N3O2. The van der Waals surface area contributed by atoms with E-state index in [0.717, 1.165) is 23.4 Å². The zero-order valence-electron chi connectivity index (χ0n) is 12.5. The molecular weight excluding hydrogens is 254 g/mol. The second-order valence-electron chi connectivity index (χ2n) is 5.41. The number of nitrogens with zero attached hydrogens (tertiary/aromatic N) is 2. The van der Waals surface area contributed by atoms with Gasteiger partial charge < -0.3 is 14.8 Å². The minimum Gasteiger partial charge on any atom is -0.362 e. The van der Waals surface area contributed by atoms with E-state index < -0.39 is 0 Å². The van der Waals surface area contributed by atoms with E-state index in [2.05, 4.69) is 4.98 Å². The molecule has 110 valence electrons. The maximum absolute atomic E-state index is 12.4. The number of carbonyl (C=O) groups is 2. The van der Waals surface area contributed by atoms with E-state index in [0.29, 0.717) is 32.6 Å². The van der Waals surface area contributed by atoms with Gasteiger partial charge in [0.05, 0.1) is 5.56 Å². The van der Waals surface area contributed by atoms with Crippen molar-refractivity contribution >= 4 is 11.8 Å². The van der Waals surface area contributed by atoms with Gasteiger partial charge in [-0.25, -0.2) is 0 Å². The Morgan fingerprint density at radius 2 is 1.75 bits per heavy atom. The maximum Gasteiger partial charge on any atom is 0.255 e. The Labute approximate surface area is 119 Å². The highest BCUT2D eigenvalue weighted by Crippen LogP contribution is 2.14. The van der Waals surface area contributed by atoms with Crippen molar-refractivity contribution in [1.82, 2.24) is 14.8 Å². The molecule has 0 spiro atoms. The summed E-state index contributed by atoms with van der Waals surface area (Å²) in [5.41, 5.74) is 2.66. The van der Waals surface area contributed by atoms with Crippen LogP contribution in [0.1, 0.15) is 41.5 Å². The summed E-state index contributed by atoms with van der Waals surface area (Å²) in [4.78, 5) is 31.1. The average Bonchev–Trinajstić information content (AvgIpc) is 2.77. The normalized spacial score (nSPS) is 15.6. The van der Waals surface area contributed by atoms with Gasteiger partial charge in [-0.05, 0) is 26.3 Å². The number of hydrogen-bond acceptors (Lipinski definition) is 2. The number of carbonyl (C=O) groups excluding carboxylic acids is 2. The third kappa shape index (κ3) is 3.03. The van der Waals surface area contributed by atoms with Crippen LogP contribution < -0.4 is 0 Å². The number of aromatic amines is 1. The predicted molar refractivity (Wildman–Crippen MR) is 77.7 cm³/mol. The second-order valence-corrected chi connectivity index (χ2v) is 5.41. The Morgan fingerprint density at radius 3 is 2.25 bits per heavy atom. The molecule has 0 aliphatic carbocycles. The summed E-state index contributed by atoms with van der Waals surface area (Å²) in [6.07, 6.45) is 1.48. The van der Waals surface area contributed by atoms with E-state index in [-0.39, 0.29) is 11.8 Å². The van der Waals surface area contributed by atoms with Crippen molar-refractivity contribution in [3.8, 4) is 0 Å². The molecule has 2 heterocycles. The first-order valence-corrected chi connectivity index (χ1v) is 7.26. The summed E-state index contributed by atoms with van der Waals surface area (Å²) in [6.45, 7) is 8.41. The summed E-state index contributed by atoms with van der Waals surface area (Å²) in [5.74, 6) is 0.266. The topological polar surface area (TPSA) is 56.4 Å². The largest absolute Gasteiger partial charge is 0.362 e. The highest BCUT2D eigenvalue weighted by molar-refractivity contribution is 5.95. The minimum atomic E-state index is 0.0643. The standard InChI is InChI=1S/C15H23N3O2/c1-4-5-14(19)17-6-8-18(9-7-17)15(20)13-10-11(2)16-12(13)3/h10,16H,4-9H2,1-3H3. The number of nitrogens with one attached hydrogen (secondary N) is 1. The van der Waals surface area contributed by atoms with E-state index in [9.17, 15) is 9.59 Å². The lowest BCUT2D eigenvalue weighted by Gasteiger charge is -2.34. The number of piperazine rings is 1. The molecule has 1 aromatic heterocycles. The van der Waals surface area contributed by atoms with Crippen LogP contribution in [0.5, 0.6) is 0 Å². The van der Waals surface area contributed by atoms with Gasteiger partial charge in [-0.3, -0.25) is 9.59 Å². The molecule has 1 aromatic rings. The van der Waals surface area contributed by atoms with Crippen LogP contribution in [0.4, 0.5) is 0 Å². The van der Waals surface area contributed by atoms with Gasteiger partial charge in [0, 0.05) is 44.0 Å². The average molecular weight is 277 g/mol. The summed E-state index contributed by atoms with van der Waals surface area (Å²) in [7, 11) is 0. The van der Waals surface area contributed by atoms with Crippen molar-refractivity contribution in [2.24, 2.45) is 0 Å². The zero-order chi connectivity index (χ0) is 14.7. The molecule has 5 heteroatoms. The van der Waals surface area contributed by atoms with Crippen molar-refractivity contribution in [3.63, 3.8) is 0 Å².